The summed E-state index contributed by atoms with van der Waals surface area (Å²) >= 11 is 1.28. The highest BCUT2D eigenvalue weighted by Crippen LogP contribution is 2.45. The number of aliphatic hydroxyl groups is 1. The number of hydrogen-bond donors (Lipinski definition) is 1. The number of imidazole rings is 1. The number of benzene rings is 2. The second kappa shape index (κ2) is 9.54. The van der Waals surface area contributed by atoms with E-state index >= 15 is 0 Å². The second-order valence-corrected chi connectivity index (χ2v) is 8.92. The molecule has 160 valence electrons. The Hall–Kier alpha value is -2.83. The molecule has 2 unspecified atom stereocenters. The molecule has 0 spiro atoms. The normalized spacial score (nSPS) is 18.8. The molecule has 0 aliphatic carbocycles. The van der Waals surface area contributed by atoms with Crippen LogP contribution < -0.4 is 4.57 Å². The zero-order valence-corrected chi connectivity index (χ0v) is 18.4. The quantitative estimate of drug-likeness (QED) is 0.432. The minimum absolute atomic E-state index is 0.247. The van der Waals surface area contributed by atoms with Crippen LogP contribution in [-0.4, -0.2) is 27.2 Å². The van der Waals surface area contributed by atoms with Crippen molar-refractivity contribution in [3.05, 3.63) is 101 Å². The summed E-state index contributed by atoms with van der Waals surface area (Å²) < 4.78 is 9.90. The zero-order valence-electron chi connectivity index (χ0n) is 17.6. The van der Waals surface area contributed by atoms with Crippen molar-refractivity contribution in [1.82, 2.24) is 4.57 Å². The zero-order chi connectivity index (χ0) is 21.7. The Morgan fingerprint density at radius 2 is 1.90 bits per heavy atom. The highest BCUT2D eigenvalue weighted by Gasteiger charge is 2.44. The van der Waals surface area contributed by atoms with Crippen LogP contribution in [0, 0.1) is 6.92 Å². The van der Waals surface area contributed by atoms with Crippen molar-refractivity contribution in [2.75, 3.05) is 6.61 Å². The molecule has 5 nitrogen and oxygen atoms in total. The van der Waals surface area contributed by atoms with E-state index in [1.165, 1.54) is 17.3 Å². The van der Waals surface area contributed by atoms with E-state index in [1.54, 1.807) is 0 Å². The third-order valence-electron chi connectivity index (χ3n) is 5.63. The first-order valence-electron chi connectivity index (χ1n) is 10.4. The maximum absolute atomic E-state index is 13.0. The summed E-state index contributed by atoms with van der Waals surface area (Å²) in [6.07, 6.45) is 6.36. The van der Waals surface area contributed by atoms with Gasteiger partial charge in [-0.1, -0.05) is 78.5 Å². The molecule has 31 heavy (non-hydrogen) atoms. The number of aromatic nitrogens is 2. The fourth-order valence-corrected chi connectivity index (χ4v) is 4.89. The Morgan fingerprint density at radius 3 is 2.58 bits per heavy atom. The number of esters is 1. The predicted molar refractivity (Wildman–Crippen MR) is 121 cm³/mol. The van der Waals surface area contributed by atoms with E-state index < -0.39 is 16.8 Å². The predicted octanol–water partition coefficient (Wildman–Crippen LogP) is 3.80. The van der Waals surface area contributed by atoms with E-state index in [0.29, 0.717) is 13.0 Å². The first-order chi connectivity index (χ1) is 15.1. The van der Waals surface area contributed by atoms with Crippen LogP contribution in [-0.2, 0) is 22.6 Å². The minimum Gasteiger partial charge on any atom is -0.461 e. The topological polar surface area (TPSA) is 55.3 Å². The fraction of sp³-hybridized carbons (Fsp3) is 0.280. The van der Waals surface area contributed by atoms with Crippen molar-refractivity contribution in [2.24, 2.45) is 0 Å². The van der Waals surface area contributed by atoms with Crippen molar-refractivity contribution in [3.63, 3.8) is 0 Å². The van der Waals surface area contributed by atoms with E-state index in [9.17, 15) is 9.90 Å². The molecular formula is C25H27N2O3S+. The Labute approximate surface area is 187 Å². The molecule has 0 saturated heterocycles. The molecule has 1 aromatic heterocycles. The summed E-state index contributed by atoms with van der Waals surface area (Å²) in [5.41, 5.74) is 2.01. The van der Waals surface area contributed by atoms with E-state index in [2.05, 4.69) is 28.2 Å². The summed E-state index contributed by atoms with van der Waals surface area (Å²) in [6.45, 7) is 3.66. The summed E-state index contributed by atoms with van der Waals surface area (Å²) in [5.74, 6) is -0.0389. The van der Waals surface area contributed by atoms with Gasteiger partial charge in [-0.05, 0) is 16.5 Å². The maximum Gasteiger partial charge on any atom is 0.317 e. The molecule has 2 atom stereocenters. The van der Waals surface area contributed by atoms with Crippen molar-refractivity contribution in [3.8, 4) is 0 Å². The van der Waals surface area contributed by atoms with Crippen LogP contribution in [0.4, 0.5) is 0 Å². The lowest BCUT2D eigenvalue weighted by atomic mass is 9.91. The Kier molecular flexibility index (Phi) is 6.59. The van der Waals surface area contributed by atoms with Gasteiger partial charge in [-0.2, -0.15) is 0 Å². The van der Waals surface area contributed by atoms with Gasteiger partial charge in [0.1, 0.15) is 42.9 Å². The summed E-state index contributed by atoms with van der Waals surface area (Å²) in [4.78, 5) is 11.8. The summed E-state index contributed by atoms with van der Waals surface area (Å²) in [5, 5.41) is 12.9. The molecule has 3 aromatic rings. The maximum atomic E-state index is 13.0. The monoisotopic (exact) mass is 435 g/mol. The van der Waals surface area contributed by atoms with Crippen LogP contribution in [0.25, 0.3) is 0 Å². The molecular weight excluding hydrogens is 408 g/mol. The van der Waals surface area contributed by atoms with Gasteiger partial charge in [0.15, 0.2) is 0 Å². The first-order valence-corrected chi connectivity index (χ1v) is 11.3. The number of thioether (sulfide) groups is 1. The van der Waals surface area contributed by atoms with Gasteiger partial charge in [-0.25, -0.2) is 9.13 Å². The minimum atomic E-state index is -1.21. The number of carbonyl (C=O) groups excluding carboxylic acids is 1. The van der Waals surface area contributed by atoms with Gasteiger partial charge < -0.3 is 9.84 Å². The number of carbonyl (C=O) groups is 1. The van der Waals surface area contributed by atoms with Crippen LogP contribution >= 0.6 is 11.8 Å². The van der Waals surface area contributed by atoms with E-state index in [-0.39, 0.29) is 6.61 Å². The second-order valence-electron chi connectivity index (χ2n) is 7.70. The molecule has 6 heteroatoms. The van der Waals surface area contributed by atoms with Gasteiger partial charge in [0.2, 0.25) is 0 Å². The average Bonchev–Trinajstić information content (AvgIpc) is 3.37. The largest absolute Gasteiger partial charge is 0.461 e. The molecule has 4 rings (SSSR count). The van der Waals surface area contributed by atoms with Gasteiger partial charge >= 0.3 is 5.97 Å². The van der Waals surface area contributed by atoms with Gasteiger partial charge in [0, 0.05) is 13.3 Å². The number of nitrogens with zero attached hydrogens (tertiary/aromatic N) is 2. The van der Waals surface area contributed by atoms with E-state index in [1.807, 2.05) is 72.4 Å². The van der Waals surface area contributed by atoms with Crippen LogP contribution in [0.1, 0.15) is 29.3 Å². The molecule has 2 heterocycles. The Bertz CT molecular complexity index is 1040. The van der Waals surface area contributed by atoms with Crippen molar-refractivity contribution >= 4 is 17.7 Å². The smallest absolute Gasteiger partial charge is 0.317 e. The first kappa shape index (κ1) is 21.4. The van der Waals surface area contributed by atoms with Crippen LogP contribution in [0.15, 0.2) is 84.5 Å². The summed E-state index contributed by atoms with van der Waals surface area (Å²) in [7, 11) is 0. The molecule has 2 aromatic carbocycles. The molecule has 0 saturated carbocycles. The van der Waals surface area contributed by atoms with Crippen LogP contribution in [0.2, 0.25) is 0 Å². The Morgan fingerprint density at radius 1 is 1.19 bits per heavy atom. The van der Waals surface area contributed by atoms with E-state index in [4.69, 9.17) is 4.74 Å². The van der Waals surface area contributed by atoms with Gasteiger partial charge in [0.05, 0.1) is 0 Å². The van der Waals surface area contributed by atoms with Crippen molar-refractivity contribution in [2.45, 2.75) is 37.3 Å². The van der Waals surface area contributed by atoms with Gasteiger partial charge in [-0.15, -0.1) is 0 Å². The molecule has 1 aliphatic rings. The van der Waals surface area contributed by atoms with Gasteiger partial charge in [-0.3, -0.25) is 4.79 Å². The lowest BCUT2D eigenvalue weighted by molar-refractivity contribution is -0.694. The average molecular weight is 436 g/mol. The molecule has 0 fully saturated rings. The van der Waals surface area contributed by atoms with E-state index in [0.717, 1.165) is 17.9 Å². The van der Waals surface area contributed by atoms with Crippen molar-refractivity contribution in [1.29, 1.82) is 0 Å². The third-order valence-corrected chi connectivity index (χ3v) is 6.77. The molecule has 0 radical (unpaired) electrons. The molecule has 0 bridgehead atoms. The SMILES string of the molecule is Cc1n(CCOC(=O)C(c2ccccc2)C2(O)CC=CS2)cc[n+]1Cc1ccccc1. The molecule has 1 aliphatic heterocycles. The number of ether oxygens (including phenoxy) is 1. The molecule has 0 amide bonds. The van der Waals surface area contributed by atoms with Gasteiger partial charge in [0.25, 0.3) is 5.82 Å². The van der Waals surface area contributed by atoms with Crippen LogP contribution in [0.3, 0.4) is 0 Å². The van der Waals surface area contributed by atoms with Crippen molar-refractivity contribution < 1.29 is 19.2 Å². The summed E-state index contributed by atoms with van der Waals surface area (Å²) in [6, 6.07) is 19.7. The highest BCUT2D eigenvalue weighted by atomic mass is 32.2. The lowest BCUT2D eigenvalue weighted by Crippen LogP contribution is -2.37. The molecule has 1 N–H and O–H groups in total. The van der Waals surface area contributed by atoms with Crippen LogP contribution in [0.5, 0.6) is 0 Å². The lowest BCUT2D eigenvalue weighted by Gasteiger charge is -2.30. The highest BCUT2D eigenvalue weighted by molar-refractivity contribution is 8.03. The third kappa shape index (κ3) is 4.92. The Balaban J connectivity index is 1.40. The fourth-order valence-electron chi connectivity index (χ4n) is 3.90. The number of hydrogen-bond acceptors (Lipinski definition) is 4. The number of rotatable bonds is 8. The standard InChI is InChI=1S/C25H27N2O3S/c1-20-26(14-15-27(20)19-21-9-4-2-5-10-21)16-17-30-24(28)23(22-11-6-3-7-12-22)25(29)13-8-18-31-25/h2-12,14-15,18,23,29H,13,16-17,19H2,1H3/q+1.